The van der Waals surface area contributed by atoms with E-state index in [9.17, 15) is 0 Å². The van der Waals surface area contributed by atoms with Crippen LogP contribution < -0.4 is 5.32 Å². The number of halogens is 2. The topological polar surface area (TPSA) is 24.4 Å². The van der Waals surface area contributed by atoms with Gasteiger partial charge in [-0.15, -0.1) is 24.0 Å². The fourth-order valence-corrected chi connectivity index (χ4v) is 3.32. The molecule has 2 nitrogen and oxygen atoms in total. The Morgan fingerprint density at radius 1 is 1.18 bits per heavy atom. The van der Waals surface area contributed by atoms with Crippen LogP contribution in [0.15, 0.2) is 47.5 Å². The van der Waals surface area contributed by atoms with Crippen LogP contribution in [0, 0.1) is 6.92 Å². The highest BCUT2D eigenvalue weighted by atomic mass is 127. The molecule has 1 heterocycles. The van der Waals surface area contributed by atoms with E-state index < -0.39 is 0 Å². The third-order valence-electron chi connectivity index (χ3n) is 3.81. The summed E-state index contributed by atoms with van der Waals surface area (Å²) in [6.45, 7) is 2.89. The van der Waals surface area contributed by atoms with Crippen LogP contribution in [-0.2, 0) is 0 Å². The predicted octanol–water partition coefficient (Wildman–Crippen LogP) is 5.54. The fraction of sp³-hybridized carbons (Fsp3) is 0.235. The molecule has 3 rings (SSSR count). The average molecular weight is 445 g/mol. The first kappa shape index (κ1) is 17.6. The van der Waals surface area contributed by atoms with Crippen molar-refractivity contribution in [2.24, 2.45) is 4.99 Å². The van der Waals surface area contributed by atoms with Gasteiger partial charge in [-0.25, -0.2) is 0 Å². The molecule has 0 amide bonds. The number of anilines is 1. The van der Waals surface area contributed by atoms with Crippen LogP contribution in [0.5, 0.6) is 0 Å². The normalized spacial score (nSPS) is 16.7. The van der Waals surface area contributed by atoms with E-state index in [1.807, 2.05) is 18.4 Å². The summed E-state index contributed by atoms with van der Waals surface area (Å²) in [7, 11) is 0. The van der Waals surface area contributed by atoms with Crippen molar-refractivity contribution >= 4 is 58.2 Å². The van der Waals surface area contributed by atoms with Crippen LogP contribution in [0.1, 0.15) is 22.6 Å². The summed E-state index contributed by atoms with van der Waals surface area (Å²) in [5, 5.41) is 5.13. The van der Waals surface area contributed by atoms with Crippen LogP contribution in [0.2, 0.25) is 5.02 Å². The molecule has 0 fully saturated rings. The lowest BCUT2D eigenvalue weighted by atomic mass is 9.88. The monoisotopic (exact) mass is 444 g/mol. The largest absolute Gasteiger partial charge is 0.335 e. The molecule has 1 aliphatic heterocycles. The standard InChI is InChI=1S/C17H17ClN2S.HI/c1-11-5-3-4-6-13(11)15-10-19-17(21-2)20-16-8-7-12(18)9-14(15)16;/h3-9,15H,10H2,1-2H3,(H,19,20);1H. The first-order valence-electron chi connectivity index (χ1n) is 6.89. The van der Waals surface area contributed by atoms with Crippen LogP contribution in [0.25, 0.3) is 0 Å². The number of aryl methyl sites for hydroxylation is 1. The van der Waals surface area contributed by atoms with Gasteiger partial charge >= 0.3 is 0 Å². The minimum Gasteiger partial charge on any atom is -0.335 e. The van der Waals surface area contributed by atoms with Gasteiger partial charge in [0.2, 0.25) is 0 Å². The summed E-state index contributed by atoms with van der Waals surface area (Å²) < 4.78 is 0. The van der Waals surface area contributed by atoms with Crippen molar-refractivity contribution in [2.45, 2.75) is 12.8 Å². The zero-order valence-corrected chi connectivity index (χ0v) is 16.4. The molecule has 0 saturated carbocycles. The van der Waals surface area contributed by atoms with Crippen molar-refractivity contribution < 1.29 is 0 Å². The molecule has 1 aliphatic rings. The molecule has 1 unspecified atom stereocenters. The van der Waals surface area contributed by atoms with E-state index >= 15 is 0 Å². The van der Waals surface area contributed by atoms with Crippen molar-refractivity contribution in [2.75, 3.05) is 18.1 Å². The number of nitrogens with zero attached hydrogens (tertiary/aromatic N) is 1. The van der Waals surface area contributed by atoms with Gasteiger partial charge in [-0.05, 0) is 48.1 Å². The van der Waals surface area contributed by atoms with Crippen molar-refractivity contribution in [1.82, 2.24) is 0 Å². The molecule has 0 saturated heterocycles. The highest BCUT2D eigenvalue weighted by Crippen LogP contribution is 2.36. The maximum absolute atomic E-state index is 6.22. The van der Waals surface area contributed by atoms with Crippen molar-refractivity contribution in [1.29, 1.82) is 0 Å². The van der Waals surface area contributed by atoms with Gasteiger partial charge in [0.05, 0.1) is 6.54 Å². The van der Waals surface area contributed by atoms with Crippen LogP contribution >= 0.6 is 47.3 Å². The van der Waals surface area contributed by atoms with Crippen molar-refractivity contribution in [3.05, 3.63) is 64.2 Å². The van der Waals surface area contributed by atoms with Gasteiger partial charge in [0, 0.05) is 16.6 Å². The molecule has 22 heavy (non-hydrogen) atoms. The summed E-state index contributed by atoms with van der Waals surface area (Å²) in [4.78, 5) is 4.71. The molecule has 0 aromatic heterocycles. The van der Waals surface area contributed by atoms with E-state index in [0.717, 1.165) is 22.4 Å². The van der Waals surface area contributed by atoms with E-state index in [1.165, 1.54) is 16.7 Å². The number of amidine groups is 1. The predicted molar refractivity (Wildman–Crippen MR) is 109 cm³/mol. The maximum Gasteiger partial charge on any atom is 0.160 e. The highest BCUT2D eigenvalue weighted by Gasteiger charge is 2.22. The Labute approximate surface area is 157 Å². The van der Waals surface area contributed by atoms with E-state index in [0.29, 0.717) is 0 Å². The molecule has 0 spiro atoms. The Hall–Kier alpha value is -0.720. The Kier molecular flexibility index (Phi) is 6.17. The van der Waals surface area contributed by atoms with Gasteiger partial charge in [-0.1, -0.05) is 47.6 Å². The molecule has 1 atom stereocenters. The zero-order chi connectivity index (χ0) is 14.8. The third kappa shape index (κ3) is 3.60. The molecule has 0 bridgehead atoms. The van der Waals surface area contributed by atoms with Crippen molar-refractivity contribution in [3.8, 4) is 0 Å². The molecule has 2 aromatic rings. The number of hydrogen-bond acceptors (Lipinski definition) is 3. The smallest absolute Gasteiger partial charge is 0.160 e. The minimum atomic E-state index is 0. The van der Waals surface area contributed by atoms with Crippen LogP contribution in [0.3, 0.4) is 0 Å². The lowest BCUT2D eigenvalue weighted by Gasteiger charge is -2.19. The van der Waals surface area contributed by atoms with Gasteiger partial charge in [0.1, 0.15) is 0 Å². The Balaban J connectivity index is 0.00000176. The number of rotatable bonds is 1. The van der Waals surface area contributed by atoms with Gasteiger partial charge < -0.3 is 5.32 Å². The van der Waals surface area contributed by atoms with E-state index in [1.54, 1.807) is 11.8 Å². The number of thioether (sulfide) groups is 1. The lowest BCUT2D eigenvalue weighted by molar-refractivity contribution is 0.823. The number of benzene rings is 2. The first-order chi connectivity index (χ1) is 10.2. The second-order valence-corrected chi connectivity index (χ2v) is 6.35. The van der Waals surface area contributed by atoms with Gasteiger partial charge in [-0.2, -0.15) is 0 Å². The number of nitrogens with one attached hydrogen (secondary N) is 1. The van der Waals surface area contributed by atoms with Crippen LogP contribution in [-0.4, -0.2) is 18.0 Å². The molecule has 2 aromatic carbocycles. The first-order valence-corrected chi connectivity index (χ1v) is 8.49. The van der Waals surface area contributed by atoms with Crippen molar-refractivity contribution in [3.63, 3.8) is 0 Å². The summed E-state index contributed by atoms with van der Waals surface area (Å²) in [5.41, 5.74) is 4.91. The second kappa shape index (κ2) is 7.70. The molecule has 0 radical (unpaired) electrons. The Morgan fingerprint density at radius 3 is 2.68 bits per heavy atom. The van der Waals surface area contributed by atoms with Gasteiger partial charge in [0.25, 0.3) is 0 Å². The Bertz CT molecular complexity index is 703. The lowest BCUT2D eigenvalue weighted by Crippen LogP contribution is -2.07. The van der Waals surface area contributed by atoms with E-state index in [-0.39, 0.29) is 29.9 Å². The Morgan fingerprint density at radius 2 is 1.95 bits per heavy atom. The number of hydrogen-bond donors (Lipinski definition) is 1. The summed E-state index contributed by atoms with van der Waals surface area (Å²) >= 11 is 7.86. The highest BCUT2D eigenvalue weighted by molar-refractivity contribution is 14.0. The second-order valence-electron chi connectivity index (χ2n) is 5.12. The summed E-state index contributed by atoms with van der Waals surface area (Å²) in [6.07, 6.45) is 2.04. The molecule has 116 valence electrons. The third-order valence-corrected chi connectivity index (χ3v) is 4.66. The van der Waals surface area contributed by atoms with Gasteiger partial charge in [0.15, 0.2) is 5.17 Å². The molecule has 5 heteroatoms. The summed E-state index contributed by atoms with van der Waals surface area (Å²) in [5.74, 6) is 0.233. The summed E-state index contributed by atoms with van der Waals surface area (Å²) in [6, 6.07) is 14.5. The van der Waals surface area contributed by atoms with Gasteiger partial charge in [-0.3, -0.25) is 4.99 Å². The fourth-order valence-electron chi connectivity index (χ4n) is 2.72. The van der Waals surface area contributed by atoms with E-state index in [4.69, 9.17) is 16.6 Å². The molecule has 0 aliphatic carbocycles. The number of fused-ring (bicyclic) bond motifs is 1. The van der Waals surface area contributed by atoms with Crippen LogP contribution in [0.4, 0.5) is 5.69 Å². The number of aliphatic imine (C=N–C) groups is 1. The minimum absolute atomic E-state index is 0. The molecule has 1 N–H and O–H groups in total. The zero-order valence-electron chi connectivity index (χ0n) is 12.5. The molecular formula is C17H18ClIN2S. The SMILES string of the molecule is CSC1=NCC(c2ccccc2C)c2cc(Cl)ccc2N1.I. The molecular weight excluding hydrogens is 427 g/mol. The van der Waals surface area contributed by atoms with E-state index in [2.05, 4.69) is 42.6 Å². The maximum atomic E-state index is 6.22. The average Bonchev–Trinajstić information content (AvgIpc) is 2.67. The quantitative estimate of drug-likeness (QED) is 0.584.